The quantitative estimate of drug-likeness (QED) is 0.453. The number of benzene rings is 1. The van der Waals surface area contributed by atoms with Gasteiger partial charge in [-0.05, 0) is 12.1 Å². The van der Waals surface area contributed by atoms with Crippen LogP contribution in [0.4, 0.5) is 0 Å². The number of aromatic nitrogens is 2. The molecule has 0 amide bonds. The van der Waals surface area contributed by atoms with Crippen molar-refractivity contribution in [3.05, 3.63) is 35.7 Å². The van der Waals surface area contributed by atoms with Crippen LogP contribution in [0, 0.1) is 6.92 Å². The third-order valence-corrected chi connectivity index (χ3v) is 2.90. The van der Waals surface area contributed by atoms with Gasteiger partial charge in [0.1, 0.15) is 5.75 Å². The average Bonchev–Trinajstić information content (AvgIpc) is 2.81. The Morgan fingerprint density at radius 2 is 2.22 bits per heavy atom. The van der Waals surface area contributed by atoms with Crippen LogP contribution in [0.3, 0.4) is 0 Å². The molecule has 94 valence electrons. The second-order valence-electron chi connectivity index (χ2n) is 3.44. The Labute approximate surface area is 109 Å². The fourth-order valence-electron chi connectivity index (χ4n) is 1.33. The number of nitrogens with zero attached hydrogens (tertiary/aromatic N) is 2. The maximum Gasteiger partial charge on any atom is 0.276 e. The van der Waals surface area contributed by atoms with E-state index in [2.05, 4.69) is 10.2 Å². The molecule has 0 unspecified atom stereocenters. The van der Waals surface area contributed by atoms with Crippen LogP contribution in [0.15, 0.2) is 33.9 Å². The molecule has 0 aliphatic rings. The molecule has 6 heteroatoms. The van der Waals surface area contributed by atoms with Crippen LogP contribution < -0.4 is 4.74 Å². The number of carbonyl (C=O) groups excluding carboxylic acids is 1. The highest BCUT2D eigenvalue weighted by Crippen LogP contribution is 2.18. The Balaban J connectivity index is 1.80. The summed E-state index contributed by atoms with van der Waals surface area (Å²) in [5, 5.41) is 8.11. The topological polar surface area (TPSA) is 65.2 Å². The first-order valence-corrected chi connectivity index (χ1v) is 6.38. The molecule has 1 heterocycles. The van der Waals surface area contributed by atoms with Crippen molar-refractivity contribution < 1.29 is 13.9 Å². The summed E-state index contributed by atoms with van der Waals surface area (Å²) >= 11 is 1.42. The second-order valence-corrected chi connectivity index (χ2v) is 4.49. The SMILES string of the molecule is Cc1nnc(SCCOc2ccccc2C=O)o1. The number of hydrogen-bond acceptors (Lipinski definition) is 6. The predicted molar refractivity (Wildman–Crippen MR) is 67.1 cm³/mol. The minimum absolute atomic E-state index is 0.469. The average molecular weight is 264 g/mol. The molecule has 1 aromatic heterocycles. The molecule has 0 saturated carbocycles. The van der Waals surface area contributed by atoms with Gasteiger partial charge in [-0.3, -0.25) is 4.79 Å². The summed E-state index contributed by atoms with van der Waals surface area (Å²) in [6.07, 6.45) is 0.782. The van der Waals surface area contributed by atoms with Gasteiger partial charge < -0.3 is 9.15 Å². The number of ether oxygens (including phenoxy) is 1. The van der Waals surface area contributed by atoms with Crippen LogP contribution in [0.1, 0.15) is 16.2 Å². The molecule has 0 bridgehead atoms. The molecule has 0 aliphatic carbocycles. The van der Waals surface area contributed by atoms with Gasteiger partial charge in [0.2, 0.25) is 5.89 Å². The Hall–Kier alpha value is -1.82. The molecule has 2 aromatic rings. The lowest BCUT2D eigenvalue weighted by atomic mass is 10.2. The number of carbonyl (C=O) groups is 1. The van der Waals surface area contributed by atoms with Crippen molar-refractivity contribution in [3.63, 3.8) is 0 Å². The fourth-order valence-corrected chi connectivity index (χ4v) is 1.95. The monoisotopic (exact) mass is 264 g/mol. The summed E-state index contributed by atoms with van der Waals surface area (Å²) in [5.74, 6) is 1.81. The van der Waals surface area contributed by atoms with E-state index in [1.807, 2.05) is 6.07 Å². The van der Waals surface area contributed by atoms with Gasteiger partial charge in [0.05, 0.1) is 12.2 Å². The van der Waals surface area contributed by atoms with E-state index in [1.54, 1.807) is 25.1 Å². The van der Waals surface area contributed by atoms with E-state index in [0.29, 0.717) is 34.8 Å². The normalized spacial score (nSPS) is 10.3. The van der Waals surface area contributed by atoms with E-state index < -0.39 is 0 Å². The molecular formula is C12H12N2O3S. The molecule has 0 fully saturated rings. The van der Waals surface area contributed by atoms with Gasteiger partial charge >= 0.3 is 0 Å². The molecule has 2 rings (SSSR count). The largest absolute Gasteiger partial charge is 0.492 e. The lowest BCUT2D eigenvalue weighted by Crippen LogP contribution is -2.02. The fraction of sp³-hybridized carbons (Fsp3) is 0.250. The lowest BCUT2D eigenvalue weighted by Gasteiger charge is -2.06. The first-order chi connectivity index (χ1) is 8.79. The Morgan fingerprint density at radius 3 is 2.94 bits per heavy atom. The van der Waals surface area contributed by atoms with Crippen molar-refractivity contribution in [2.75, 3.05) is 12.4 Å². The lowest BCUT2D eigenvalue weighted by molar-refractivity contribution is 0.112. The van der Waals surface area contributed by atoms with Crippen molar-refractivity contribution >= 4 is 18.0 Å². The third-order valence-electron chi connectivity index (χ3n) is 2.12. The van der Waals surface area contributed by atoms with Crippen LogP contribution in [-0.2, 0) is 0 Å². The van der Waals surface area contributed by atoms with Crippen LogP contribution in [-0.4, -0.2) is 28.8 Å². The van der Waals surface area contributed by atoms with E-state index in [4.69, 9.17) is 9.15 Å². The van der Waals surface area contributed by atoms with Gasteiger partial charge in [-0.25, -0.2) is 0 Å². The van der Waals surface area contributed by atoms with Gasteiger partial charge in [-0.2, -0.15) is 0 Å². The smallest absolute Gasteiger partial charge is 0.276 e. The van der Waals surface area contributed by atoms with Crippen molar-refractivity contribution in [3.8, 4) is 5.75 Å². The summed E-state index contributed by atoms with van der Waals surface area (Å²) < 4.78 is 10.7. The summed E-state index contributed by atoms with van der Waals surface area (Å²) in [4.78, 5) is 10.8. The number of rotatable bonds is 6. The first kappa shape index (κ1) is 12.6. The number of para-hydroxylation sites is 1. The molecule has 5 nitrogen and oxygen atoms in total. The number of thioether (sulfide) groups is 1. The van der Waals surface area contributed by atoms with Gasteiger partial charge in [0, 0.05) is 12.7 Å². The van der Waals surface area contributed by atoms with Crippen LogP contribution in [0.5, 0.6) is 5.75 Å². The van der Waals surface area contributed by atoms with Crippen molar-refractivity contribution in [2.45, 2.75) is 12.1 Å². The maximum atomic E-state index is 10.8. The van der Waals surface area contributed by atoms with Crippen molar-refractivity contribution in [2.24, 2.45) is 0 Å². The first-order valence-electron chi connectivity index (χ1n) is 5.39. The molecule has 0 atom stereocenters. The summed E-state index contributed by atoms with van der Waals surface area (Å²) in [6.45, 7) is 2.21. The Morgan fingerprint density at radius 1 is 1.39 bits per heavy atom. The maximum absolute atomic E-state index is 10.8. The number of hydrogen-bond donors (Lipinski definition) is 0. The minimum atomic E-state index is 0.469. The molecule has 18 heavy (non-hydrogen) atoms. The second kappa shape index (κ2) is 6.20. The standard InChI is InChI=1S/C12H12N2O3S/c1-9-13-14-12(17-9)18-7-6-16-11-5-3-2-4-10(11)8-15/h2-5,8H,6-7H2,1H3. The van der Waals surface area contributed by atoms with Crippen molar-refractivity contribution in [1.82, 2.24) is 10.2 Å². The van der Waals surface area contributed by atoms with Crippen LogP contribution in [0.2, 0.25) is 0 Å². The van der Waals surface area contributed by atoms with Gasteiger partial charge in [0.15, 0.2) is 6.29 Å². The number of aldehydes is 1. The molecule has 0 spiro atoms. The minimum Gasteiger partial charge on any atom is -0.492 e. The Bertz CT molecular complexity index is 528. The zero-order valence-corrected chi connectivity index (χ0v) is 10.6. The summed E-state index contributed by atoms with van der Waals surface area (Å²) in [5.41, 5.74) is 0.552. The van der Waals surface area contributed by atoms with E-state index >= 15 is 0 Å². The highest BCUT2D eigenvalue weighted by atomic mass is 32.2. The molecule has 0 N–H and O–H groups in total. The van der Waals surface area contributed by atoms with E-state index in [-0.39, 0.29) is 0 Å². The molecule has 0 radical (unpaired) electrons. The highest BCUT2D eigenvalue weighted by Gasteiger charge is 2.04. The highest BCUT2D eigenvalue weighted by molar-refractivity contribution is 7.99. The van der Waals surface area contributed by atoms with Crippen LogP contribution >= 0.6 is 11.8 Å². The molecule has 0 aliphatic heterocycles. The predicted octanol–water partition coefficient (Wildman–Crippen LogP) is 2.36. The zero-order chi connectivity index (χ0) is 12.8. The molecular weight excluding hydrogens is 252 g/mol. The van der Waals surface area contributed by atoms with E-state index in [1.165, 1.54) is 11.8 Å². The van der Waals surface area contributed by atoms with E-state index in [9.17, 15) is 4.79 Å². The van der Waals surface area contributed by atoms with Gasteiger partial charge in [-0.1, -0.05) is 23.9 Å². The third kappa shape index (κ3) is 3.33. The molecule has 1 aromatic carbocycles. The summed E-state index contributed by atoms with van der Waals surface area (Å²) in [7, 11) is 0. The zero-order valence-electron chi connectivity index (χ0n) is 9.83. The van der Waals surface area contributed by atoms with Crippen molar-refractivity contribution in [1.29, 1.82) is 0 Å². The Kier molecular flexibility index (Phi) is 4.35. The number of aryl methyl sites for hydroxylation is 1. The van der Waals surface area contributed by atoms with Gasteiger partial charge in [0.25, 0.3) is 5.22 Å². The van der Waals surface area contributed by atoms with Gasteiger partial charge in [-0.15, -0.1) is 10.2 Å². The molecule has 0 saturated heterocycles. The summed E-state index contributed by atoms with van der Waals surface area (Å²) in [6, 6.07) is 7.12. The van der Waals surface area contributed by atoms with Crippen LogP contribution in [0.25, 0.3) is 0 Å². The van der Waals surface area contributed by atoms with E-state index in [0.717, 1.165) is 6.29 Å².